The van der Waals surface area contributed by atoms with Crippen LogP contribution in [0.2, 0.25) is 10.0 Å². The molecular weight excluding hydrogens is 611 g/mol. The minimum absolute atomic E-state index is 0.0841. The Morgan fingerprint density at radius 1 is 1.04 bits per heavy atom. The van der Waals surface area contributed by atoms with Crippen LogP contribution in [0.5, 0.6) is 0 Å². The fourth-order valence-corrected chi connectivity index (χ4v) is 7.94. The number of fused-ring (bicyclic) bond motifs is 2. The molecule has 2 fully saturated rings. The summed E-state index contributed by atoms with van der Waals surface area (Å²) in [5, 5.41) is 6.07. The maximum atomic E-state index is 14.4. The van der Waals surface area contributed by atoms with E-state index < -0.39 is 23.4 Å². The summed E-state index contributed by atoms with van der Waals surface area (Å²) in [6, 6.07) is 19.1. The number of hydrogen-bond donors (Lipinski definition) is 1. The largest absolute Gasteiger partial charge is 0.468 e. The Morgan fingerprint density at radius 3 is 2.56 bits per heavy atom. The van der Waals surface area contributed by atoms with Gasteiger partial charge >= 0.3 is 5.97 Å². The van der Waals surface area contributed by atoms with Crippen molar-refractivity contribution in [1.82, 2.24) is 10.2 Å². The number of nitrogens with zero attached hydrogens (tertiary/aromatic N) is 1. The van der Waals surface area contributed by atoms with Crippen molar-refractivity contribution < 1.29 is 23.9 Å². The average Bonchev–Trinajstić information content (AvgIpc) is 3.58. The van der Waals surface area contributed by atoms with Crippen LogP contribution in [0.15, 0.2) is 72.4 Å². The summed E-state index contributed by atoms with van der Waals surface area (Å²) in [5.41, 5.74) is 0.983. The Morgan fingerprint density at radius 2 is 1.80 bits per heavy atom. The predicted octanol–water partition coefficient (Wildman–Crippen LogP) is 7.22. The van der Waals surface area contributed by atoms with Gasteiger partial charge in [-0.05, 0) is 72.2 Å². The summed E-state index contributed by atoms with van der Waals surface area (Å²) in [5.74, 6) is -1.46. The highest BCUT2D eigenvalue weighted by molar-refractivity contribution is 6.35. The van der Waals surface area contributed by atoms with Crippen molar-refractivity contribution in [2.75, 3.05) is 7.11 Å². The smallest absolute Gasteiger partial charge is 0.320 e. The molecule has 2 heterocycles. The zero-order valence-electron chi connectivity index (χ0n) is 25.6. The fourth-order valence-electron chi connectivity index (χ4n) is 7.47. The van der Waals surface area contributed by atoms with E-state index in [2.05, 4.69) is 5.32 Å². The van der Waals surface area contributed by atoms with Crippen molar-refractivity contribution in [3.8, 4) is 0 Å². The molecule has 1 saturated heterocycles. The number of ether oxygens (including phenoxy) is 2. The van der Waals surface area contributed by atoms with Crippen LogP contribution in [0, 0.1) is 17.3 Å². The summed E-state index contributed by atoms with van der Waals surface area (Å²) in [7, 11) is 1.35. The van der Waals surface area contributed by atoms with E-state index in [-0.39, 0.29) is 37.3 Å². The Kier molecular flexibility index (Phi) is 9.23. The summed E-state index contributed by atoms with van der Waals surface area (Å²) in [4.78, 5) is 43.3. The summed E-state index contributed by atoms with van der Waals surface area (Å²) in [6.07, 6.45) is 5.50. The van der Waals surface area contributed by atoms with E-state index in [9.17, 15) is 14.4 Å². The summed E-state index contributed by atoms with van der Waals surface area (Å²) < 4.78 is 12.0. The van der Waals surface area contributed by atoms with Crippen molar-refractivity contribution in [1.29, 1.82) is 0 Å². The van der Waals surface area contributed by atoms with Gasteiger partial charge in [0.15, 0.2) is 0 Å². The van der Waals surface area contributed by atoms with Crippen molar-refractivity contribution in [3.05, 3.63) is 93.6 Å². The molecule has 3 aromatic rings. The molecule has 236 valence electrons. The van der Waals surface area contributed by atoms with Crippen LogP contribution in [0.4, 0.5) is 0 Å². The van der Waals surface area contributed by atoms with E-state index in [1.165, 1.54) is 7.11 Å². The standard InChI is InChI=1S/C36H38Cl2N2O5/c1-22-36(35(43)44-2)19-27(16-33(41)39-20-25-12-7-11-23-8-5-6-13-29(23)25)34(42)40(21-26-14-15-28(37)17-30(26)38)32(36)18-31(45-22)24-9-3-4-10-24/h5-8,11-15,17-18,22,24,27,31H,3-4,9-10,16,19-21H2,1-2H3,(H,39,41)/t22-,27+,31-,36+/m1/s1. The minimum Gasteiger partial charge on any atom is -0.468 e. The van der Waals surface area contributed by atoms with Crippen molar-refractivity contribution in [3.63, 3.8) is 0 Å². The quantitative estimate of drug-likeness (QED) is 0.261. The molecule has 0 unspecified atom stereocenters. The number of halogens is 2. The fraction of sp³-hybridized carbons (Fsp3) is 0.417. The third kappa shape index (κ3) is 6.10. The molecule has 3 aromatic carbocycles. The van der Waals surface area contributed by atoms with Gasteiger partial charge in [-0.25, -0.2) is 0 Å². The molecule has 1 saturated carbocycles. The van der Waals surface area contributed by atoms with Crippen LogP contribution in [0.1, 0.15) is 56.6 Å². The first kappa shape index (κ1) is 31.6. The van der Waals surface area contributed by atoms with Crippen LogP contribution in [-0.4, -0.2) is 42.0 Å². The lowest BCUT2D eigenvalue weighted by atomic mass is 9.66. The van der Waals surface area contributed by atoms with Gasteiger partial charge in [-0.2, -0.15) is 0 Å². The van der Waals surface area contributed by atoms with E-state index in [0.717, 1.165) is 42.0 Å². The molecule has 3 aliphatic rings. The lowest BCUT2D eigenvalue weighted by Crippen LogP contribution is -2.60. The average molecular weight is 650 g/mol. The molecule has 6 rings (SSSR count). The lowest BCUT2D eigenvalue weighted by molar-refractivity contribution is -0.178. The van der Waals surface area contributed by atoms with Gasteiger partial charge in [0.2, 0.25) is 11.8 Å². The van der Waals surface area contributed by atoms with Gasteiger partial charge in [0.1, 0.15) is 5.41 Å². The molecule has 0 aromatic heterocycles. The van der Waals surface area contributed by atoms with E-state index in [1.54, 1.807) is 23.1 Å². The van der Waals surface area contributed by atoms with Crippen LogP contribution < -0.4 is 5.32 Å². The van der Waals surface area contributed by atoms with E-state index in [0.29, 0.717) is 33.8 Å². The normalized spacial score (nSPS) is 25.2. The van der Waals surface area contributed by atoms with Crippen molar-refractivity contribution in [2.45, 2.75) is 70.7 Å². The highest BCUT2D eigenvalue weighted by Gasteiger charge is 2.60. The third-order valence-electron chi connectivity index (χ3n) is 9.85. The number of rotatable bonds is 8. The third-order valence-corrected chi connectivity index (χ3v) is 10.4. The van der Waals surface area contributed by atoms with Crippen LogP contribution in [0.25, 0.3) is 10.8 Å². The van der Waals surface area contributed by atoms with Crippen LogP contribution in [0.3, 0.4) is 0 Å². The molecule has 4 atom stereocenters. The number of esters is 1. The Bertz CT molecular complexity index is 1650. The molecule has 7 nitrogen and oxygen atoms in total. The SMILES string of the molecule is COC(=O)[C@]12C[C@H](CC(=O)NCc3cccc4ccccc34)C(=O)N(Cc3ccc(Cl)cc3Cl)C1=C[C@H](C1CCCC1)O[C@@H]2C. The van der Waals surface area contributed by atoms with Gasteiger partial charge in [-0.3, -0.25) is 14.4 Å². The van der Waals surface area contributed by atoms with Gasteiger partial charge in [-0.15, -0.1) is 0 Å². The number of carbonyl (C=O) groups excluding carboxylic acids is 3. The van der Waals surface area contributed by atoms with Crippen molar-refractivity contribution >= 4 is 51.8 Å². The minimum atomic E-state index is -1.27. The first-order valence-electron chi connectivity index (χ1n) is 15.7. The highest BCUT2D eigenvalue weighted by atomic mass is 35.5. The molecule has 1 N–H and O–H groups in total. The highest BCUT2D eigenvalue weighted by Crippen LogP contribution is 2.52. The summed E-state index contributed by atoms with van der Waals surface area (Å²) >= 11 is 12.8. The molecule has 0 spiro atoms. The number of carbonyl (C=O) groups is 3. The van der Waals surface area contributed by atoms with E-state index >= 15 is 0 Å². The first-order chi connectivity index (χ1) is 21.7. The lowest BCUT2D eigenvalue weighted by Gasteiger charge is -2.52. The molecule has 2 aliphatic heterocycles. The zero-order valence-corrected chi connectivity index (χ0v) is 27.1. The van der Waals surface area contributed by atoms with Crippen LogP contribution >= 0.6 is 23.2 Å². The Balaban J connectivity index is 1.33. The van der Waals surface area contributed by atoms with Gasteiger partial charge in [0.05, 0.1) is 25.9 Å². The monoisotopic (exact) mass is 648 g/mol. The number of likely N-dealkylation sites (tertiary alicyclic amines) is 1. The maximum Gasteiger partial charge on any atom is 0.320 e. The number of benzene rings is 3. The molecule has 1 aliphatic carbocycles. The number of amides is 2. The van der Waals surface area contributed by atoms with E-state index in [1.807, 2.05) is 55.5 Å². The molecule has 0 radical (unpaired) electrons. The molecular formula is C36H38Cl2N2O5. The topological polar surface area (TPSA) is 84.9 Å². The van der Waals surface area contributed by atoms with Gasteiger partial charge in [0.25, 0.3) is 0 Å². The second kappa shape index (κ2) is 13.1. The van der Waals surface area contributed by atoms with Crippen molar-refractivity contribution in [2.24, 2.45) is 17.3 Å². The molecule has 9 heteroatoms. The second-order valence-corrected chi connectivity index (χ2v) is 13.3. The predicted molar refractivity (Wildman–Crippen MR) is 174 cm³/mol. The Labute approximate surface area is 273 Å². The van der Waals surface area contributed by atoms with Gasteiger partial charge in [-0.1, -0.05) is 84.6 Å². The number of hydrogen-bond acceptors (Lipinski definition) is 5. The molecule has 0 bridgehead atoms. The molecule has 2 amide bonds. The Hall–Kier alpha value is -3.39. The maximum absolute atomic E-state index is 14.4. The van der Waals surface area contributed by atoms with Crippen LogP contribution in [-0.2, 0) is 36.9 Å². The zero-order chi connectivity index (χ0) is 31.7. The van der Waals surface area contributed by atoms with Gasteiger partial charge < -0.3 is 19.7 Å². The molecule has 45 heavy (non-hydrogen) atoms. The number of methoxy groups -OCH3 is 1. The van der Waals surface area contributed by atoms with Gasteiger partial charge in [0, 0.05) is 34.6 Å². The first-order valence-corrected chi connectivity index (χ1v) is 16.4. The second-order valence-electron chi connectivity index (χ2n) is 12.5. The number of nitrogens with one attached hydrogen (secondary N) is 1. The summed E-state index contributed by atoms with van der Waals surface area (Å²) in [6.45, 7) is 2.32. The van der Waals surface area contributed by atoms with E-state index in [4.69, 9.17) is 32.7 Å². The number of piperidine rings is 1.